The molecule has 6 heteroatoms. The van der Waals surface area contributed by atoms with Gasteiger partial charge in [-0.15, -0.1) is 10.2 Å². The monoisotopic (exact) mass is 232 g/mol. The highest BCUT2D eigenvalue weighted by atomic mass is 15.3. The third kappa shape index (κ3) is 1.56. The average molecular weight is 232 g/mol. The van der Waals surface area contributed by atoms with Gasteiger partial charge >= 0.3 is 0 Å². The van der Waals surface area contributed by atoms with E-state index in [9.17, 15) is 0 Å². The molecule has 1 unspecified atom stereocenters. The summed E-state index contributed by atoms with van der Waals surface area (Å²) in [7, 11) is 0. The van der Waals surface area contributed by atoms with Crippen molar-refractivity contribution < 1.29 is 0 Å². The third-order valence-corrected chi connectivity index (χ3v) is 3.40. The Bertz CT molecular complexity index is 534. The lowest BCUT2D eigenvalue weighted by Gasteiger charge is -2.24. The van der Waals surface area contributed by atoms with Gasteiger partial charge in [-0.1, -0.05) is 0 Å². The second-order valence-electron chi connectivity index (χ2n) is 4.42. The molecule has 1 saturated heterocycles. The third-order valence-electron chi connectivity index (χ3n) is 3.40. The summed E-state index contributed by atoms with van der Waals surface area (Å²) in [6.07, 6.45) is 5.98. The summed E-state index contributed by atoms with van der Waals surface area (Å²) in [6, 6.07) is 0.380. The zero-order valence-electron chi connectivity index (χ0n) is 9.87. The van der Waals surface area contributed by atoms with Gasteiger partial charge in [-0.25, -0.2) is 4.98 Å². The summed E-state index contributed by atoms with van der Waals surface area (Å²) in [5.41, 5.74) is 6.62. The van der Waals surface area contributed by atoms with Crippen molar-refractivity contribution in [3.05, 3.63) is 18.2 Å². The van der Waals surface area contributed by atoms with Gasteiger partial charge in [-0.2, -0.15) is 0 Å². The van der Waals surface area contributed by atoms with Crippen LogP contribution in [-0.4, -0.2) is 38.7 Å². The summed E-state index contributed by atoms with van der Waals surface area (Å²) in [6.45, 7) is 3.60. The minimum Gasteiger partial charge on any atom is -0.349 e. The van der Waals surface area contributed by atoms with Gasteiger partial charge in [0.15, 0.2) is 5.82 Å². The van der Waals surface area contributed by atoms with Gasteiger partial charge in [0.1, 0.15) is 5.82 Å². The molecule has 3 rings (SSSR count). The van der Waals surface area contributed by atoms with Gasteiger partial charge in [0, 0.05) is 31.5 Å². The van der Waals surface area contributed by atoms with Gasteiger partial charge in [0.05, 0.1) is 0 Å². The lowest BCUT2D eigenvalue weighted by Crippen LogP contribution is -2.36. The Hall–Kier alpha value is -1.69. The van der Waals surface area contributed by atoms with Crippen LogP contribution in [0.15, 0.2) is 12.4 Å². The van der Waals surface area contributed by atoms with Crippen LogP contribution < -0.4 is 10.6 Å². The van der Waals surface area contributed by atoms with E-state index in [4.69, 9.17) is 5.73 Å². The lowest BCUT2D eigenvalue weighted by molar-refractivity contribution is 0.671. The zero-order valence-corrected chi connectivity index (χ0v) is 9.87. The molecule has 0 saturated carbocycles. The van der Waals surface area contributed by atoms with Crippen LogP contribution in [0.2, 0.25) is 0 Å². The molecule has 0 radical (unpaired) electrons. The molecule has 0 aromatic carbocycles. The standard InChI is InChI=1S/C11H16N6/c1-8-14-15-11-10(13-4-6-16(8)11)17-5-2-3-9(17)7-12/h4,6,9H,2-3,5,7,12H2,1H3. The maximum atomic E-state index is 5.80. The smallest absolute Gasteiger partial charge is 0.203 e. The van der Waals surface area contributed by atoms with Crippen molar-refractivity contribution in [2.45, 2.75) is 25.8 Å². The Morgan fingerprint density at radius 2 is 2.35 bits per heavy atom. The normalized spacial score (nSPS) is 20.4. The minimum absolute atomic E-state index is 0.380. The molecular formula is C11H16N6. The molecule has 1 atom stereocenters. The number of rotatable bonds is 2. The van der Waals surface area contributed by atoms with E-state index in [-0.39, 0.29) is 0 Å². The predicted octanol–water partition coefficient (Wildman–Crippen LogP) is 0.360. The Balaban J connectivity index is 2.10. The largest absolute Gasteiger partial charge is 0.349 e. The molecule has 6 nitrogen and oxygen atoms in total. The molecule has 1 aliphatic heterocycles. The van der Waals surface area contributed by atoms with Crippen LogP contribution in [0, 0.1) is 6.92 Å². The van der Waals surface area contributed by atoms with E-state index in [1.165, 1.54) is 0 Å². The summed E-state index contributed by atoms with van der Waals surface area (Å²) < 4.78 is 1.97. The first-order valence-electron chi connectivity index (χ1n) is 5.94. The topological polar surface area (TPSA) is 72.3 Å². The van der Waals surface area contributed by atoms with E-state index in [1.54, 1.807) is 6.20 Å². The van der Waals surface area contributed by atoms with Gasteiger partial charge in [-0.3, -0.25) is 4.40 Å². The summed E-state index contributed by atoms with van der Waals surface area (Å²) in [4.78, 5) is 6.70. The second-order valence-corrected chi connectivity index (χ2v) is 4.42. The van der Waals surface area contributed by atoms with Gasteiger partial charge < -0.3 is 10.6 Å². The first-order chi connectivity index (χ1) is 8.31. The molecule has 0 aliphatic carbocycles. The maximum Gasteiger partial charge on any atom is 0.203 e. The number of hydrogen-bond donors (Lipinski definition) is 1. The molecule has 2 aromatic rings. The SMILES string of the molecule is Cc1nnc2c(N3CCCC3CN)nccn12. The molecule has 0 amide bonds. The fourth-order valence-corrected chi connectivity index (χ4v) is 2.49. The van der Waals surface area contributed by atoms with Crippen molar-refractivity contribution in [1.82, 2.24) is 19.6 Å². The van der Waals surface area contributed by atoms with E-state index in [0.29, 0.717) is 12.6 Å². The summed E-state index contributed by atoms with van der Waals surface area (Å²) >= 11 is 0. The van der Waals surface area contributed by atoms with Crippen LogP contribution in [0.3, 0.4) is 0 Å². The number of hydrogen-bond acceptors (Lipinski definition) is 5. The summed E-state index contributed by atoms with van der Waals surface area (Å²) in [5.74, 6) is 1.79. The highest BCUT2D eigenvalue weighted by molar-refractivity contribution is 5.64. The summed E-state index contributed by atoms with van der Waals surface area (Å²) in [5, 5.41) is 8.29. The maximum absolute atomic E-state index is 5.80. The molecule has 2 aromatic heterocycles. The fourth-order valence-electron chi connectivity index (χ4n) is 2.49. The molecule has 17 heavy (non-hydrogen) atoms. The molecule has 90 valence electrons. The number of aromatic nitrogens is 4. The van der Waals surface area contributed by atoms with Crippen LogP contribution in [0.1, 0.15) is 18.7 Å². The molecule has 1 aliphatic rings. The molecule has 3 heterocycles. The Morgan fingerprint density at radius 1 is 1.47 bits per heavy atom. The first-order valence-corrected chi connectivity index (χ1v) is 5.94. The molecule has 2 N–H and O–H groups in total. The first kappa shape index (κ1) is 10.5. The average Bonchev–Trinajstić information content (AvgIpc) is 2.96. The van der Waals surface area contributed by atoms with Gasteiger partial charge in [-0.05, 0) is 19.8 Å². The Kier molecular flexibility index (Phi) is 2.44. The van der Waals surface area contributed by atoms with Crippen molar-refractivity contribution in [3.63, 3.8) is 0 Å². The molecular weight excluding hydrogens is 216 g/mol. The minimum atomic E-state index is 0.380. The van der Waals surface area contributed by atoms with Gasteiger partial charge in [0.25, 0.3) is 0 Å². The Labute approximate surface area is 99.5 Å². The quantitative estimate of drug-likeness (QED) is 0.809. The van der Waals surface area contributed by atoms with E-state index < -0.39 is 0 Å². The predicted molar refractivity (Wildman–Crippen MR) is 64.9 cm³/mol. The fraction of sp³-hybridized carbons (Fsp3) is 0.545. The zero-order chi connectivity index (χ0) is 11.8. The van der Waals surface area contributed by atoms with E-state index in [0.717, 1.165) is 36.7 Å². The number of fused-ring (bicyclic) bond motifs is 1. The molecule has 0 bridgehead atoms. The van der Waals surface area contributed by atoms with Crippen molar-refractivity contribution in [3.8, 4) is 0 Å². The van der Waals surface area contributed by atoms with Gasteiger partial charge in [0.2, 0.25) is 5.65 Å². The van der Waals surface area contributed by atoms with Crippen molar-refractivity contribution in [2.75, 3.05) is 18.0 Å². The number of nitrogens with two attached hydrogens (primary N) is 1. The van der Waals surface area contributed by atoms with Crippen LogP contribution in [0.5, 0.6) is 0 Å². The highest BCUT2D eigenvalue weighted by Crippen LogP contribution is 2.25. The molecule has 1 fully saturated rings. The number of nitrogens with zero attached hydrogens (tertiary/aromatic N) is 5. The lowest BCUT2D eigenvalue weighted by atomic mass is 10.2. The second kappa shape index (κ2) is 3.96. The highest BCUT2D eigenvalue weighted by Gasteiger charge is 2.26. The van der Waals surface area contributed by atoms with E-state index >= 15 is 0 Å². The van der Waals surface area contributed by atoms with E-state index in [2.05, 4.69) is 20.1 Å². The van der Waals surface area contributed by atoms with Crippen LogP contribution in [0.25, 0.3) is 5.65 Å². The van der Waals surface area contributed by atoms with E-state index in [1.807, 2.05) is 17.5 Å². The molecule has 0 spiro atoms. The number of aryl methyl sites for hydroxylation is 1. The van der Waals surface area contributed by atoms with Crippen molar-refractivity contribution >= 4 is 11.5 Å². The van der Waals surface area contributed by atoms with Crippen molar-refractivity contribution in [2.24, 2.45) is 5.73 Å². The van der Waals surface area contributed by atoms with Crippen LogP contribution in [0.4, 0.5) is 5.82 Å². The van der Waals surface area contributed by atoms with Crippen LogP contribution >= 0.6 is 0 Å². The van der Waals surface area contributed by atoms with Crippen molar-refractivity contribution in [1.29, 1.82) is 0 Å². The number of anilines is 1. The Morgan fingerprint density at radius 3 is 3.18 bits per heavy atom. The van der Waals surface area contributed by atoms with Crippen LogP contribution in [-0.2, 0) is 0 Å².